The Morgan fingerprint density at radius 2 is 2.04 bits per heavy atom. The summed E-state index contributed by atoms with van der Waals surface area (Å²) in [6, 6.07) is 4.71. The number of amides is 1. The average Bonchev–Trinajstić information content (AvgIpc) is 2.85. The van der Waals surface area contributed by atoms with Gasteiger partial charge in [-0.25, -0.2) is 0 Å². The molecule has 1 aliphatic rings. The van der Waals surface area contributed by atoms with Gasteiger partial charge in [0.2, 0.25) is 5.91 Å². The molecule has 0 radical (unpaired) electrons. The number of nitrogens with one attached hydrogen (secondary N) is 1. The molecule has 0 saturated heterocycles. The molecule has 1 aromatic carbocycles. The van der Waals surface area contributed by atoms with Crippen molar-refractivity contribution in [3.8, 4) is 5.75 Å². The lowest BCUT2D eigenvalue weighted by Crippen LogP contribution is -2.40. The average molecular weight is 331 g/mol. The van der Waals surface area contributed by atoms with E-state index in [0.717, 1.165) is 18.6 Å². The molecule has 8 heteroatoms. The van der Waals surface area contributed by atoms with Crippen molar-refractivity contribution >= 4 is 11.9 Å². The van der Waals surface area contributed by atoms with Gasteiger partial charge in [0.25, 0.3) is 0 Å². The quantitative estimate of drug-likeness (QED) is 0.869. The van der Waals surface area contributed by atoms with Gasteiger partial charge in [-0.05, 0) is 30.5 Å². The van der Waals surface area contributed by atoms with Crippen molar-refractivity contribution in [3.05, 3.63) is 29.8 Å². The number of rotatable bonds is 5. The second-order valence-corrected chi connectivity index (χ2v) is 5.42. The van der Waals surface area contributed by atoms with E-state index in [1.165, 1.54) is 12.1 Å². The van der Waals surface area contributed by atoms with Crippen molar-refractivity contribution in [2.45, 2.75) is 38.1 Å². The Kier molecular flexibility index (Phi) is 5.12. The molecule has 23 heavy (non-hydrogen) atoms. The molecule has 0 heterocycles. The molecule has 1 amide bonds. The predicted octanol–water partition coefficient (Wildman–Crippen LogP) is 2.50. The normalized spacial score (nSPS) is 21.0. The van der Waals surface area contributed by atoms with Crippen LogP contribution in [-0.2, 0) is 16.0 Å². The van der Waals surface area contributed by atoms with Gasteiger partial charge in [0.15, 0.2) is 0 Å². The minimum Gasteiger partial charge on any atom is -0.481 e. The summed E-state index contributed by atoms with van der Waals surface area (Å²) in [7, 11) is 0. The molecule has 0 aromatic heterocycles. The molecular formula is C15H16F3NO4. The highest BCUT2D eigenvalue weighted by molar-refractivity contribution is 5.80. The summed E-state index contributed by atoms with van der Waals surface area (Å²) >= 11 is 0. The van der Waals surface area contributed by atoms with E-state index in [4.69, 9.17) is 5.11 Å². The Bertz CT molecular complexity index is 588. The first-order chi connectivity index (χ1) is 10.7. The maximum Gasteiger partial charge on any atom is 0.573 e. The van der Waals surface area contributed by atoms with Crippen LogP contribution >= 0.6 is 0 Å². The van der Waals surface area contributed by atoms with E-state index in [9.17, 15) is 22.8 Å². The van der Waals surface area contributed by atoms with Gasteiger partial charge in [-0.1, -0.05) is 18.6 Å². The highest BCUT2D eigenvalue weighted by atomic mass is 19.4. The van der Waals surface area contributed by atoms with Gasteiger partial charge >= 0.3 is 12.3 Å². The second-order valence-electron chi connectivity index (χ2n) is 5.42. The number of carbonyl (C=O) groups is 2. The third-order valence-electron chi connectivity index (χ3n) is 3.68. The van der Waals surface area contributed by atoms with Gasteiger partial charge in [-0.15, -0.1) is 13.2 Å². The third-order valence-corrected chi connectivity index (χ3v) is 3.68. The Morgan fingerprint density at radius 3 is 2.70 bits per heavy atom. The molecule has 0 aliphatic heterocycles. The van der Waals surface area contributed by atoms with E-state index in [2.05, 4.69) is 10.1 Å². The Hall–Kier alpha value is -2.25. The molecule has 0 bridgehead atoms. The SMILES string of the molecule is O=C(Cc1cccc(OC(F)(F)F)c1)N[C@H]1CCC[C@H]1C(=O)O. The standard InChI is InChI=1S/C15H16F3NO4/c16-15(17,18)23-10-4-1-3-9(7-10)8-13(20)19-12-6-2-5-11(12)14(21)22/h1,3-4,7,11-12H,2,5-6,8H2,(H,19,20)(H,21,22)/t11-,12+/m1/s1. The fourth-order valence-corrected chi connectivity index (χ4v) is 2.72. The van der Waals surface area contributed by atoms with Crippen LogP contribution in [0.1, 0.15) is 24.8 Å². The van der Waals surface area contributed by atoms with Gasteiger partial charge in [0.1, 0.15) is 5.75 Å². The molecule has 1 aromatic rings. The lowest BCUT2D eigenvalue weighted by Gasteiger charge is -2.17. The lowest BCUT2D eigenvalue weighted by atomic mass is 10.0. The monoisotopic (exact) mass is 331 g/mol. The smallest absolute Gasteiger partial charge is 0.481 e. The van der Waals surface area contributed by atoms with E-state index in [1.807, 2.05) is 0 Å². The third kappa shape index (κ3) is 5.15. The Labute approximate surface area is 130 Å². The molecule has 1 saturated carbocycles. The van der Waals surface area contributed by atoms with Crippen LogP contribution in [-0.4, -0.2) is 29.4 Å². The summed E-state index contributed by atoms with van der Waals surface area (Å²) in [5.74, 6) is -2.38. The number of carboxylic acids is 1. The van der Waals surface area contributed by atoms with Crippen molar-refractivity contribution < 1.29 is 32.6 Å². The summed E-state index contributed by atoms with van der Waals surface area (Å²) in [5.41, 5.74) is 0.356. The van der Waals surface area contributed by atoms with E-state index in [1.54, 1.807) is 0 Å². The number of alkyl halides is 3. The van der Waals surface area contributed by atoms with E-state index < -0.39 is 35.9 Å². The highest BCUT2D eigenvalue weighted by Crippen LogP contribution is 2.26. The van der Waals surface area contributed by atoms with Gasteiger partial charge < -0.3 is 15.2 Å². The number of hydrogen-bond acceptors (Lipinski definition) is 3. The number of carbonyl (C=O) groups excluding carboxylic acids is 1. The molecule has 2 N–H and O–H groups in total. The first-order valence-corrected chi connectivity index (χ1v) is 7.11. The van der Waals surface area contributed by atoms with Crippen LogP contribution in [0.15, 0.2) is 24.3 Å². The van der Waals surface area contributed by atoms with Crippen LogP contribution in [0, 0.1) is 5.92 Å². The maximum atomic E-state index is 12.2. The minimum atomic E-state index is -4.79. The van der Waals surface area contributed by atoms with Crippen LogP contribution in [0.2, 0.25) is 0 Å². The summed E-state index contributed by atoms with van der Waals surface area (Å²) in [6.07, 6.45) is -3.12. The minimum absolute atomic E-state index is 0.141. The van der Waals surface area contributed by atoms with Crippen LogP contribution in [0.3, 0.4) is 0 Å². The number of aliphatic carboxylic acids is 1. The molecule has 5 nitrogen and oxygen atoms in total. The molecule has 0 spiro atoms. The van der Waals surface area contributed by atoms with Crippen molar-refractivity contribution in [2.24, 2.45) is 5.92 Å². The molecule has 1 fully saturated rings. The zero-order valence-electron chi connectivity index (χ0n) is 12.1. The maximum absolute atomic E-state index is 12.2. The topological polar surface area (TPSA) is 75.6 Å². The molecule has 2 atom stereocenters. The fraction of sp³-hybridized carbons (Fsp3) is 0.467. The lowest BCUT2D eigenvalue weighted by molar-refractivity contribution is -0.274. The van der Waals surface area contributed by atoms with Crippen molar-refractivity contribution in [3.63, 3.8) is 0 Å². The van der Waals surface area contributed by atoms with E-state index >= 15 is 0 Å². The molecule has 2 rings (SSSR count). The number of hydrogen-bond donors (Lipinski definition) is 2. The summed E-state index contributed by atoms with van der Waals surface area (Å²) in [6.45, 7) is 0. The molecule has 1 aliphatic carbocycles. The molecule has 126 valence electrons. The second kappa shape index (κ2) is 6.89. The van der Waals surface area contributed by atoms with Gasteiger partial charge in [0.05, 0.1) is 12.3 Å². The van der Waals surface area contributed by atoms with Crippen molar-refractivity contribution in [1.29, 1.82) is 0 Å². The van der Waals surface area contributed by atoms with E-state index in [0.29, 0.717) is 18.4 Å². The fourth-order valence-electron chi connectivity index (χ4n) is 2.72. The van der Waals surface area contributed by atoms with Gasteiger partial charge in [0, 0.05) is 6.04 Å². The molecule has 0 unspecified atom stereocenters. The van der Waals surface area contributed by atoms with Crippen molar-refractivity contribution in [2.75, 3.05) is 0 Å². The number of ether oxygens (including phenoxy) is 1. The molecular weight excluding hydrogens is 315 g/mol. The number of benzene rings is 1. The highest BCUT2D eigenvalue weighted by Gasteiger charge is 2.34. The zero-order valence-corrected chi connectivity index (χ0v) is 12.1. The van der Waals surface area contributed by atoms with Crippen LogP contribution < -0.4 is 10.1 Å². The Morgan fingerprint density at radius 1 is 1.30 bits per heavy atom. The predicted molar refractivity (Wildman–Crippen MR) is 73.7 cm³/mol. The van der Waals surface area contributed by atoms with Crippen molar-refractivity contribution in [1.82, 2.24) is 5.32 Å². The number of carboxylic acid groups (broad SMARTS) is 1. The first kappa shape index (κ1) is 17.1. The summed E-state index contributed by atoms with van der Waals surface area (Å²) in [4.78, 5) is 23.0. The van der Waals surface area contributed by atoms with Crippen LogP contribution in [0.4, 0.5) is 13.2 Å². The van der Waals surface area contributed by atoms with Gasteiger partial charge in [-0.2, -0.15) is 0 Å². The number of halogens is 3. The van der Waals surface area contributed by atoms with Gasteiger partial charge in [-0.3, -0.25) is 9.59 Å². The largest absolute Gasteiger partial charge is 0.573 e. The van der Waals surface area contributed by atoms with Crippen LogP contribution in [0.25, 0.3) is 0 Å². The first-order valence-electron chi connectivity index (χ1n) is 7.11. The summed E-state index contributed by atoms with van der Waals surface area (Å²) < 4.78 is 40.3. The Balaban J connectivity index is 1.95. The zero-order chi connectivity index (χ0) is 17.0. The van der Waals surface area contributed by atoms with Crippen LogP contribution in [0.5, 0.6) is 5.75 Å². The van der Waals surface area contributed by atoms with E-state index in [-0.39, 0.29) is 6.42 Å². The summed E-state index contributed by atoms with van der Waals surface area (Å²) in [5, 5.41) is 11.7.